The molecule has 1 fully saturated rings. The van der Waals surface area contributed by atoms with Crippen molar-refractivity contribution in [3.05, 3.63) is 58.9 Å². The number of nitrogens with zero attached hydrogens (tertiary/aromatic N) is 3. The van der Waals surface area contributed by atoms with Crippen LogP contribution in [0.2, 0.25) is 5.02 Å². The largest absolute Gasteiger partial charge is 0.423 e. The zero-order valence-electron chi connectivity index (χ0n) is 13.3. The van der Waals surface area contributed by atoms with Gasteiger partial charge in [-0.1, -0.05) is 23.7 Å². The maximum absolute atomic E-state index is 13.1. The molecule has 3 aromatic rings. The van der Waals surface area contributed by atoms with Crippen molar-refractivity contribution in [1.29, 1.82) is 0 Å². The lowest BCUT2D eigenvalue weighted by Crippen LogP contribution is -2.49. The molecule has 0 aliphatic carbocycles. The lowest BCUT2D eigenvalue weighted by atomic mass is 10.1. The third kappa shape index (κ3) is 3.05. The third-order valence-electron chi connectivity index (χ3n) is 4.28. The minimum absolute atomic E-state index is 0.131. The SMILES string of the molecule is O=C(c1ccc(F)cc1Cl)N1CCN(c2nc3ccccc3o2)CC1. The van der Waals surface area contributed by atoms with Crippen molar-refractivity contribution in [2.75, 3.05) is 31.1 Å². The number of piperazine rings is 1. The number of aromatic nitrogens is 1. The summed E-state index contributed by atoms with van der Waals surface area (Å²) >= 11 is 5.99. The molecule has 2 aromatic carbocycles. The fourth-order valence-electron chi connectivity index (χ4n) is 2.93. The number of oxazole rings is 1. The van der Waals surface area contributed by atoms with Crippen molar-refractivity contribution >= 4 is 34.6 Å². The van der Waals surface area contributed by atoms with Crippen LogP contribution in [0.5, 0.6) is 0 Å². The van der Waals surface area contributed by atoms with E-state index in [1.165, 1.54) is 12.1 Å². The van der Waals surface area contributed by atoms with Crippen LogP contribution in [-0.4, -0.2) is 42.0 Å². The fraction of sp³-hybridized carbons (Fsp3) is 0.222. The van der Waals surface area contributed by atoms with Crippen molar-refractivity contribution in [1.82, 2.24) is 9.88 Å². The molecule has 0 spiro atoms. The molecular weight excluding hydrogens is 345 g/mol. The van der Waals surface area contributed by atoms with Gasteiger partial charge in [0.25, 0.3) is 11.9 Å². The van der Waals surface area contributed by atoms with Crippen LogP contribution in [-0.2, 0) is 0 Å². The van der Waals surface area contributed by atoms with Gasteiger partial charge in [-0.2, -0.15) is 4.98 Å². The average Bonchev–Trinajstić information content (AvgIpc) is 3.05. The van der Waals surface area contributed by atoms with E-state index in [0.29, 0.717) is 37.8 Å². The number of para-hydroxylation sites is 2. The number of benzene rings is 2. The van der Waals surface area contributed by atoms with Crippen molar-refractivity contribution < 1.29 is 13.6 Å². The lowest BCUT2D eigenvalue weighted by Gasteiger charge is -2.34. The van der Waals surface area contributed by atoms with E-state index in [1.54, 1.807) is 4.90 Å². The summed E-state index contributed by atoms with van der Waals surface area (Å²) in [4.78, 5) is 20.8. The van der Waals surface area contributed by atoms with Crippen LogP contribution in [0.25, 0.3) is 11.1 Å². The minimum atomic E-state index is -0.456. The maximum Gasteiger partial charge on any atom is 0.298 e. The minimum Gasteiger partial charge on any atom is -0.423 e. The predicted octanol–water partition coefficient (Wildman–Crippen LogP) is 3.58. The highest BCUT2D eigenvalue weighted by atomic mass is 35.5. The fourth-order valence-corrected chi connectivity index (χ4v) is 3.18. The monoisotopic (exact) mass is 359 g/mol. The standard InChI is InChI=1S/C18H15ClFN3O2/c19-14-11-12(20)5-6-13(14)17(24)22-7-9-23(10-8-22)18-21-15-3-1-2-4-16(15)25-18/h1-6,11H,7-10H2. The summed E-state index contributed by atoms with van der Waals surface area (Å²) in [6.45, 7) is 2.26. The van der Waals surface area contributed by atoms with Gasteiger partial charge in [-0.3, -0.25) is 4.79 Å². The van der Waals surface area contributed by atoms with E-state index in [4.69, 9.17) is 16.0 Å². The molecule has 4 rings (SSSR count). The molecule has 0 unspecified atom stereocenters. The van der Waals surface area contributed by atoms with Gasteiger partial charge < -0.3 is 14.2 Å². The van der Waals surface area contributed by atoms with Crippen LogP contribution < -0.4 is 4.90 Å². The number of carbonyl (C=O) groups is 1. The van der Waals surface area contributed by atoms with Gasteiger partial charge in [0.15, 0.2) is 5.58 Å². The summed E-state index contributed by atoms with van der Waals surface area (Å²) < 4.78 is 18.9. The van der Waals surface area contributed by atoms with Gasteiger partial charge in [0, 0.05) is 26.2 Å². The Morgan fingerprint density at radius 3 is 2.60 bits per heavy atom. The highest BCUT2D eigenvalue weighted by Crippen LogP contribution is 2.24. The first-order valence-electron chi connectivity index (χ1n) is 7.97. The number of fused-ring (bicyclic) bond motifs is 1. The van der Waals surface area contributed by atoms with Gasteiger partial charge in [-0.15, -0.1) is 0 Å². The van der Waals surface area contributed by atoms with E-state index in [2.05, 4.69) is 4.98 Å². The molecule has 0 saturated carbocycles. The van der Waals surface area contributed by atoms with Gasteiger partial charge in [-0.25, -0.2) is 4.39 Å². The zero-order chi connectivity index (χ0) is 17.4. The smallest absolute Gasteiger partial charge is 0.298 e. The molecule has 0 bridgehead atoms. The Balaban J connectivity index is 1.46. The van der Waals surface area contributed by atoms with E-state index in [1.807, 2.05) is 29.2 Å². The zero-order valence-corrected chi connectivity index (χ0v) is 14.0. The number of amides is 1. The molecule has 1 aromatic heterocycles. The molecule has 5 nitrogen and oxygen atoms in total. The molecular formula is C18H15ClFN3O2. The first-order chi connectivity index (χ1) is 12.1. The predicted molar refractivity (Wildman–Crippen MR) is 93.5 cm³/mol. The second-order valence-corrected chi connectivity index (χ2v) is 6.27. The number of halogens is 2. The Morgan fingerprint density at radius 2 is 1.88 bits per heavy atom. The Bertz CT molecular complexity index is 902. The van der Waals surface area contributed by atoms with Crippen LogP contribution in [0, 0.1) is 5.82 Å². The summed E-state index contributed by atoms with van der Waals surface area (Å²) in [6, 6.07) is 12.0. The van der Waals surface area contributed by atoms with Crippen LogP contribution >= 0.6 is 11.6 Å². The van der Waals surface area contributed by atoms with Crippen LogP contribution in [0.1, 0.15) is 10.4 Å². The topological polar surface area (TPSA) is 49.6 Å². The molecule has 2 heterocycles. The van der Waals surface area contributed by atoms with Crippen LogP contribution in [0.3, 0.4) is 0 Å². The normalized spacial score (nSPS) is 15.0. The van der Waals surface area contributed by atoms with Gasteiger partial charge in [-0.05, 0) is 30.3 Å². The summed E-state index contributed by atoms with van der Waals surface area (Å²) in [5.74, 6) is -0.649. The molecule has 0 atom stereocenters. The van der Waals surface area contributed by atoms with Crippen molar-refractivity contribution in [2.24, 2.45) is 0 Å². The number of hydrogen-bond donors (Lipinski definition) is 0. The second kappa shape index (κ2) is 6.37. The van der Waals surface area contributed by atoms with Crippen molar-refractivity contribution in [2.45, 2.75) is 0 Å². The Hall–Kier alpha value is -2.60. The Kier molecular flexibility index (Phi) is 4.05. The first-order valence-corrected chi connectivity index (χ1v) is 8.34. The van der Waals surface area contributed by atoms with Gasteiger partial charge in [0.1, 0.15) is 11.3 Å². The number of carbonyl (C=O) groups excluding carboxylic acids is 1. The third-order valence-corrected chi connectivity index (χ3v) is 4.59. The number of hydrogen-bond acceptors (Lipinski definition) is 4. The molecule has 1 saturated heterocycles. The van der Waals surface area contributed by atoms with E-state index in [0.717, 1.165) is 17.2 Å². The van der Waals surface area contributed by atoms with E-state index in [-0.39, 0.29) is 10.9 Å². The molecule has 1 aliphatic heterocycles. The number of rotatable bonds is 2. The van der Waals surface area contributed by atoms with Gasteiger partial charge >= 0.3 is 0 Å². The van der Waals surface area contributed by atoms with Gasteiger partial charge in [0.05, 0.1) is 10.6 Å². The Morgan fingerprint density at radius 1 is 1.12 bits per heavy atom. The lowest BCUT2D eigenvalue weighted by molar-refractivity contribution is 0.0745. The molecule has 1 amide bonds. The second-order valence-electron chi connectivity index (χ2n) is 5.87. The van der Waals surface area contributed by atoms with Crippen LogP contribution in [0.15, 0.2) is 46.9 Å². The van der Waals surface area contributed by atoms with E-state index < -0.39 is 5.82 Å². The average molecular weight is 360 g/mol. The quantitative estimate of drug-likeness (QED) is 0.701. The van der Waals surface area contributed by atoms with Crippen molar-refractivity contribution in [3.8, 4) is 0 Å². The highest BCUT2D eigenvalue weighted by Gasteiger charge is 2.25. The molecule has 25 heavy (non-hydrogen) atoms. The van der Waals surface area contributed by atoms with Crippen LogP contribution in [0.4, 0.5) is 10.4 Å². The first kappa shape index (κ1) is 15.9. The summed E-state index contributed by atoms with van der Waals surface area (Å²) in [5.41, 5.74) is 1.88. The Labute approximate surface area is 148 Å². The number of anilines is 1. The molecule has 0 radical (unpaired) electrons. The maximum atomic E-state index is 13.1. The van der Waals surface area contributed by atoms with Crippen molar-refractivity contribution in [3.63, 3.8) is 0 Å². The summed E-state index contributed by atoms with van der Waals surface area (Å²) in [7, 11) is 0. The van der Waals surface area contributed by atoms with E-state index >= 15 is 0 Å². The molecule has 7 heteroatoms. The highest BCUT2D eigenvalue weighted by molar-refractivity contribution is 6.33. The van der Waals surface area contributed by atoms with E-state index in [9.17, 15) is 9.18 Å². The summed E-state index contributed by atoms with van der Waals surface area (Å²) in [6.07, 6.45) is 0. The summed E-state index contributed by atoms with van der Waals surface area (Å²) in [5, 5.41) is 0.131. The molecule has 1 aliphatic rings. The van der Waals surface area contributed by atoms with Gasteiger partial charge in [0.2, 0.25) is 0 Å². The molecule has 128 valence electrons. The molecule has 0 N–H and O–H groups in total.